The SMILES string of the molecule is CCn1cnc2c1CCN(C(=O)C1CCCc3sc(N)nc31)C2. The molecule has 1 aliphatic heterocycles. The fourth-order valence-corrected chi connectivity index (χ4v) is 4.66. The summed E-state index contributed by atoms with van der Waals surface area (Å²) in [5.74, 6) is 0.0649. The summed E-state index contributed by atoms with van der Waals surface area (Å²) in [6, 6.07) is 0. The number of imidazole rings is 1. The van der Waals surface area contributed by atoms with E-state index >= 15 is 0 Å². The van der Waals surface area contributed by atoms with Gasteiger partial charge in [-0.05, 0) is 26.2 Å². The van der Waals surface area contributed by atoms with Gasteiger partial charge in [-0.1, -0.05) is 0 Å². The first-order valence-corrected chi connectivity index (χ1v) is 9.05. The van der Waals surface area contributed by atoms with E-state index in [1.54, 1.807) is 0 Å². The highest BCUT2D eigenvalue weighted by atomic mass is 32.1. The van der Waals surface area contributed by atoms with Gasteiger partial charge >= 0.3 is 0 Å². The molecule has 2 N–H and O–H groups in total. The zero-order valence-corrected chi connectivity index (χ0v) is 14.1. The van der Waals surface area contributed by atoms with Crippen molar-refractivity contribution < 1.29 is 4.79 Å². The van der Waals surface area contributed by atoms with Gasteiger partial charge in [0.25, 0.3) is 0 Å². The summed E-state index contributed by atoms with van der Waals surface area (Å²) < 4.78 is 2.18. The van der Waals surface area contributed by atoms with Crippen molar-refractivity contribution in [2.24, 2.45) is 0 Å². The molecule has 2 aromatic heterocycles. The fraction of sp³-hybridized carbons (Fsp3) is 0.562. The number of amides is 1. The van der Waals surface area contributed by atoms with Gasteiger partial charge in [0.2, 0.25) is 5.91 Å². The molecular formula is C16H21N5OS. The van der Waals surface area contributed by atoms with Gasteiger partial charge in [0, 0.05) is 30.1 Å². The molecule has 0 bridgehead atoms. The van der Waals surface area contributed by atoms with Crippen molar-refractivity contribution in [1.82, 2.24) is 19.4 Å². The molecule has 0 saturated carbocycles. The number of hydrogen-bond donors (Lipinski definition) is 1. The highest BCUT2D eigenvalue weighted by Gasteiger charge is 2.34. The topological polar surface area (TPSA) is 77.0 Å². The minimum Gasteiger partial charge on any atom is -0.375 e. The van der Waals surface area contributed by atoms with E-state index in [1.807, 2.05) is 11.2 Å². The molecule has 1 aliphatic carbocycles. The first-order chi connectivity index (χ1) is 11.2. The number of carbonyl (C=O) groups is 1. The van der Waals surface area contributed by atoms with Crippen LogP contribution in [0.15, 0.2) is 6.33 Å². The van der Waals surface area contributed by atoms with Crippen LogP contribution in [-0.4, -0.2) is 31.9 Å². The number of nitrogen functional groups attached to an aromatic ring is 1. The summed E-state index contributed by atoms with van der Waals surface area (Å²) in [5.41, 5.74) is 9.09. The Morgan fingerprint density at radius 3 is 3.17 bits per heavy atom. The van der Waals surface area contributed by atoms with Crippen LogP contribution in [0.1, 0.15) is 47.6 Å². The second-order valence-electron chi connectivity index (χ2n) is 6.24. The lowest BCUT2D eigenvalue weighted by atomic mass is 9.89. The average molecular weight is 331 g/mol. The zero-order valence-electron chi connectivity index (χ0n) is 13.3. The van der Waals surface area contributed by atoms with Gasteiger partial charge < -0.3 is 15.2 Å². The van der Waals surface area contributed by atoms with E-state index in [4.69, 9.17) is 5.73 Å². The smallest absolute Gasteiger partial charge is 0.232 e. The summed E-state index contributed by atoms with van der Waals surface area (Å²) in [7, 11) is 0. The molecule has 3 heterocycles. The molecule has 2 aromatic rings. The highest BCUT2D eigenvalue weighted by Crippen LogP contribution is 2.37. The Labute approximate surface area is 139 Å². The number of carbonyl (C=O) groups excluding carboxylic acids is 1. The molecule has 4 rings (SSSR count). The normalized spacial score (nSPS) is 20.2. The second-order valence-corrected chi connectivity index (χ2v) is 7.35. The third-order valence-corrected chi connectivity index (χ3v) is 5.87. The molecule has 0 aromatic carbocycles. The van der Waals surface area contributed by atoms with Crippen LogP contribution in [0.2, 0.25) is 0 Å². The molecule has 0 spiro atoms. The lowest BCUT2D eigenvalue weighted by molar-refractivity contribution is -0.134. The summed E-state index contributed by atoms with van der Waals surface area (Å²) in [6.07, 6.45) is 5.68. The summed E-state index contributed by atoms with van der Waals surface area (Å²) in [5, 5.41) is 0.581. The molecule has 23 heavy (non-hydrogen) atoms. The van der Waals surface area contributed by atoms with Gasteiger partial charge in [0.05, 0.1) is 30.2 Å². The Kier molecular flexibility index (Phi) is 3.60. The quantitative estimate of drug-likeness (QED) is 0.912. The lowest BCUT2D eigenvalue weighted by Gasteiger charge is -2.31. The number of nitrogens with zero attached hydrogens (tertiary/aromatic N) is 4. The number of rotatable bonds is 2. The minimum atomic E-state index is -0.123. The van der Waals surface area contributed by atoms with Crippen molar-refractivity contribution in [2.75, 3.05) is 12.3 Å². The molecule has 1 amide bonds. The molecule has 1 unspecified atom stereocenters. The van der Waals surface area contributed by atoms with Crippen LogP contribution < -0.4 is 5.73 Å². The van der Waals surface area contributed by atoms with E-state index in [1.165, 1.54) is 21.9 Å². The number of aryl methyl sites for hydroxylation is 2. The van der Waals surface area contributed by atoms with Crippen LogP contribution in [0.3, 0.4) is 0 Å². The lowest BCUT2D eigenvalue weighted by Crippen LogP contribution is -2.40. The third kappa shape index (κ3) is 2.43. The van der Waals surface area contributed by atoms with E-state index in [0.717, 1.165) is 50.2 Å². The van der Waals surface area contributed by atoms with E-state index in [9.17, 15) is 4.79 Å². The fourth-order valence-electron chi connectivity index (χ4n) is 3.73. The first kappa shape index (κ1) is 14.7. The van der Waals surface area contributed by atoms with Crippen LogP contribution in [0, 0.1) is 0 Å². The molecule has 0 radical (unpaired) electrons. The summed E-state index contributed by atoms with van der Waals surface area (Å²) >= 11 is 1.53. The van der Waals surface area contributed by atoms with Gasteiger partial charge in [0.1, 0.15) is 0 Å². The summed E-state index contributed by atoms with van der Waals surface area (Å²) in [4.78, 5) is 25.1. The maximum atomic E-state index is 13.0. The Balaban J connectivity index is 1.57. The Hall–Kier alpha value is -1.89. The molecule has 7 heteroatoms. The van der Waals surface area contributed by atoms with Crippen molar-refractivity contribution in [1.29, 1.82) is 0 Å². The molecule has 122 valence electrons. The number of thiazole rings is 1. The highest BCUT2D eigenvalue weighted by molar-refractivity contribution is 7.15. The molecular weight excluding hydrogens is 310 g/mol. The molecule has 0 fully saturated rings. The van der Waals surface area contributed by atoms with Crippen molar-refractivity contribution in [3.8, 4) is 0 Å². The van der Waals surface area contributed by atoms with Crippen LogP contribution in [-0.2, 0) is 30.7 Å². The van der Waals surface area contributed by atoms with Crippen LogP contribution in [0.5, 0.6) is 0 Å². The van der Waals surface area contributed by atoms with Gasteiger partial charge in [-0.15, -0.1) is 11.3 Å². The molecule has 0 saturated heterocycles. The number of fused-ring (bicyclic) bond motifs is 2. The van der Waals surface area contributed by atoms with Gasteiger partial charge in [0.15, 0.2) is 5.13 Å². The predicted molar refractivity (Wildman–Crippen MR) is 89.2 cm³/mol. The number of aromatic nitrogens is 3. The molecule has 1 atom stereocenters. The minimum absolute atomic E-state index is 0.123. The van der Waals surface area contributed by atoms with Crippen molar-refractivity contribution in [2.45, 2.75) is 51.6 Å². The predicted octanol–water partition coefficient (Wildman–Crippen LogP) is 1.95. The van der Waals surface area contributed by atoms with Crippen molar-refractivity contribution in [3.05, 3.63) is 28.3 Å². The standard InChI is InChI=1S/C16H21N5OS/c1-2-20-9-18-11-8-21(7-6-12(11)20)15(22)10-4-3-5-13-14(10)19-16(17)23-13/h9-10H,2-8H2,1H3,(H2,17,19). The Morgan fingerprint density at radius 2 is 2.35 bits per heavy atom. The average Bonchev–Trinajstić information content (AvgIpc) is 3.14. The van der Waals surface area contributed by atoms with E-state index in [-0.39, 0.29) is 11.8 Å². The summed E-state index contributed by atoms with van der Waals surface area (Å²) in [6.45, 7) is 4.44. The maximum absolute atomic E-state index is 13.0. The van der Waals surface area contributed by atoms with Gasteiger partial charge in [-0.2, -0.15) is 0 Å². The second kappa shape index (κ2) is 5.63. The third-order valence-electron chi connectivity index (χ3n) is 4.91. The Morgan fingerprint density at radius 1 is 1.48 bits per heavy atom. The van der Waals surface area contributed by atoms with Crippen LogP contribution in [0.4, 0.5) is 5.13 Å². The van der Waals surface area contributed by atoms with Crippen molar-refractivity contribution in [3.63, 3.8) is 0 Å². The van der Waals surface area contributed by atoms with Gasteiger partial charge in [-0.25, -0.2) is 9.97 Å². The zero-order chi connectivity index (χ0) is 16.0. The maximum Gasteiger partial charge on any atom is 0.232 e. The Bertz CT molecular complexity index is 750. The number of hydrogen-bond acceptors (Lipinski definition) is 5. The van der Waals surface area contributed by atoms with Gasteiger partial charge in [-0.3, -0.25) is 4.79 Å². The molecule has 2 aliphatic rings. The monoisotopic (exact) mass is 331 g/mol. The molecule has 6 nitrogen and oxygen atoms in total. The van der Waals surface area contributed by atoms with Crippen LogP contribution >= 0.6 is 11.3 Å². The number of nitrogens with two attached hydrogens (primary N) is 1. The first-order valence-electron chi connectivity index (χ1n) is 8.24. The van der Waals surface area contributed by atoms with Crippen LogP contribution in [0.25, 0.3) is 0 Å². The van der Waals surface area contributed by atoms with E-state index in [0.29, 0.717) is 11.7 Å². The van der Waals surface area contributed by atoms with E-state index in [2.05, 4.69) is 21.5 Å². The van der Waals surface area contributed by atoms with Crippen molar-refractivity contribution >= 4 is 22.4 Å². The number of anilines is 1. The van der Waals surface area contributed by atoms with E-state index < -0.39 is 0 Å². The largest absolute Gasteiger partial charge is 0.375 e.